The number of alkyl halides is 3. The van der Waals surface area contributed by atoms with Crippen molar-refractivity contribution in [3.8, 4) is 0 Å². The van der Waals surface area contributed by atoms with Crippen molar-refractivity contribution in [1.29, 1.82) is 0 Å². The Balaban J connectivity index is 0.00000385. The second-order valence-electron chi connectivity index (χ2n) is 8.58. The summed E-state index contributed by atoms with van der Waals surface area (Å²) in [6.07, 6.45) is -1.69. The average molecular weight is 528 g/mol. The number of sulfonamides is 1. The van der Waals surface area contributed by atoms with Gasteiger partial charge < -0.3 is 5.32 Å². The zero-order valence-electron chi connectivity index (χ0n) is 18.8. The summed E-state index contributed by atoms with van der Waals surface area (Å²) in [6.45, 7) is 2.77. The summed E-state index contributed by atoms with van der Waals surface area (Å²) in [7, 11) is -3.36. The van der Waals surface area contributed by atoms with Crippen LogP contribution in [-0.4, -0.2) is 78.8 Å². The van der Waals surface area contributed by atoms with E-state index in [0.29, 0.717) is 12.0 Å². The van der Waals surface area contributed by atoms with Crippen molar-refractivity contribution < 1.29 is 22.0 Å². The second-order valence-corrected chi connectivity index (χ2v) is 11.1. The van der Waals surface area contributed by atoms with Gasteiger partial charge in [0.2, 0.25) is 10.0 Å². The number of nitrogens with one attached hydrogen (secondary N) is 1. The van der Waals surface area contributed by atoms with Gasteiger partial charge in [0, 0.05) is 31.7 Å². The van der Waals surface area contributed by atoms with Gasteiger partial charge in [0.25, 0.3) is 5.91 Å². The lowest BCUT2D eigenvalue weighted by atomic mass is 9.85. The van der Waals surface area contributed by atoms with Crippen LogP contribution in [0.1, 0.15) is 49.4 Å². The van der Waals surface area contributed by atoms with Crippen LogP contribution in [0.2, 0.25) is 0 Å². The third-order valence-corrected chi connectivity index (χ3v) is 9.11. The molecular weight excluding hydrogens is 495 g/mol. The van der Waals surface area contributed by atoms with Gasteiger partial charge in [0.15, 0.2) is 0 Å². The number of amides is 1. The lowest BCUT2D eigenvalue weighted by molar-refractivity contribution is -0.0213. The van der Waals surface area contributed by atoms with Gasteiger partial charge in [-0.05, 0) is 44.2 Å². The quantitative estimate of drug-likeness (QED) is 0.333. The Labute approximate surface area is 206 Å². The summed E-state index contributed by atoms with van der Waals surface area (Å²) >= 11 is 6.72. The van der Waals surface area contributed by atoms with Crippen molar-refractivity contribution in [3.05, 3.63) is 35.9 Å². The minimum Gasteiger partial charge on any atom is -0.334 e. The van der Waals surface area contributed by atoms with E-state index in [1.165, 1.54) is 4.31 Å². The van der Waals surface area contributed by atoms with E-state index in [-0.39, 0.29) is 70.0 Å². The van der Waals surface area contributed by atoms with E-state index < -0.39 is 39.3 Å². The molecule has 0 spiro atoms. The molecule has 6 nitrogen and oxygen atoms in total. The standard InChI is InChI=1S/C22H32ClF2N3O3S.ClH/c1-2-16-32(30,31)28-14-12-27(13-15-28)22(11-10-18(24)8-9-19(22)25)21(23)26-20(29)17-6-4-3-5-7-17;/h3-7,18-19,21H,2,8-16H2,1H3,(H,26,29);1H. The first-order chi connectivity index (χ1) is 15.2. The first-order valence-electron chi connectivity index (χ1n) is 11.2. The highest BCUT2D eigenvalue weighted by atomic mass is 35.5. The molecule has 4 unspecified atom stereocenters. The van der Waals surface area contributed by atoms with Gasteiger partial charge in [-0.15, -0.1) is 12.4 Å². The molecule has 1 aromatic carbocycles. The van der Waals surface area contributed by atoms with Crippen LogP contribution in [0.5, 0.6) is 0 Å². The van der Waals surface area contributed by atoms with Crippen molar-refractivity contribution in [2.45, 2.75) is 62.4 Å². The Morgan fingerprint density at radius 1 is 1.15 bits per heavy atom. The highest BCUT2D eigenvalue weighted by molar-refractivity contribution is 7.89. The van der Waals surface area contributed by atoms with Gasteiger partial charge in [0.1, 0.15) is 17.8 Å². The molecule has 33 heavy (non-hydrogen) atoms. The largest absolute Gasteiger partial charge is 0.334 e. The number of piperazine rings is 1. The van der Waals surface area contributed by atoms with Crippen LogP contribution in [0.4, 0.5) is 8.78 Å². The maximum absolute atomic E-state index is 15.7. The van der Waals surface area contributed by atoms with Crippen LogP contribution in [0.3, 0.4) is 0 Å². The van der Waals surface area contributed by atoms with Gasteiger partial charge >= 0.3 is 0 Å². The summed E-state index contributed by atoms with van der Waals surface area (Å²) in [4.78, 5) is 14.6. The van der Waals surface area contributed by atoms with Gasteiger partial charge in [-0.3, -0.25) is 9.69 Å². The molecule has 1 aliphatic heterocycles. The van der Waals surface area contributed by atoms with E-state index in [1.54, 1.807) is 30.3 Å². The van der Waals surface area contributed by atoms with Crippen LogP contribution >= 0.6 is 24.0 Å². The first kappa shape index (κ1) is 28.2. The minimum atomic E-state index is -3.36. The van der Waals surface area contributed by atoms with Crippen molar-refractivity contribution in [2.75, 3.05) is 31.9 Å². The van der Waals surface area contributed by atoms with E-state index in [9.17, 15) is 17.6 Å². The summed E-state index contributed by atoms with van der Waals surface area (Å²) in [5.74, 6) is -0.360. The summed E-state index contributed by atoms with van der Waals surface area (Å²) in [6, 6.07) is 8.51. The first-order valence-corrected chi connectivity index (χ1v) is 13.3. The lowest BCUT2D eigenvalue weighted by Gasteiger charge is -2.50. The fraction of sp³-hybridized carbons (Fsp3) is 0.682. The fourth-order valence-electron chi connectivity index (χ4n) is 4.75. The molecule has 0 radical (unpaired) electrons. The molecule has 1 amide bonds. The predicted octanol–water partition coefficient (Wildman–Crippen LogP) is 3.75. The van der Waals surface area contributed by atoms with Crippen molar-refractivity contribution in [2.24, 2.45) is 0 Å². The number of hydrogen-bond donors (Lipinski definition) is 1. The summed E-state index contributed by atoms with van der Waals surface area (Å²) < 4.78 is 56.2. The monoisotopic (exact) mass is 527 g/mol. The number of rotatable bonds is 7. The van der Waals surface area contributed by atoms with Crippen LogP contribution in [0.15, 0.2) is 30.3 Å². The smallest absolute Gasteiger partial charge is 0.252 e. The Hall–Kier alpha value is -1.00. The maximum Gasteiger partial charge on any atom is 0.252 e. The molecule has 11 heteroatoms. The van der Waals surface area contributed by atoms with E-state index in [1.807, 2.05) is 11.8 Å². The zero-order chi connectivity index (χ0) is 23.4. The third kappa shape index (κ3) is 6.36. The second kappa shape index (κ2) is 12.1. The van der Waals surface area contributed by atoms with Gasteiger partial charge in [-0.2, -0.15) is 4.31 Å². The van der Waals surface area contributed by atoms with Crippen LogP contribution in [0, 0.1) is 0 Å². The molecule has 4 atom stereocenters. The Morgan fingerprint density at radius 3 is 2.39 bits per heavy atom. The Kier molecular flexibility index (Phi) is 10.4. The van der Waals surface area contributed by atoms with Crippen LogP contribution < -0.4 is 5.32 Å². The molecule has 1 saturated heterocycles. The van der Waals surface area contributed by atoms with Crippen molar-refractivity contribution in [1.82, 2.24) is 14.5 Å². The number of nitrogens with zero attached hydrogens (tertiary/aromatic N) is 2. The molecule has 3 rings (SSSR count). The SMILES string of the molecule is CCCS(=O)(=O)N1CCN(C2(C(Cl)NC(=O)c3ccccc3)CCC(F)CCC2F)CC1.Cl. The van der Waals surface area contributed by atoms with Gasteiger partial charge in [-0.25, -0.2) is 17.2 Å². The molecule has 1 heterocycles. The number of halogens is 4. The number of carbonyl (C=O) groups excluding carboxylic acids is 1. The van der Waals surface area contributed by atoms with Crippen LogP contribution in [0.25, 0.3) is 0 Å². The molecule has 1 saturated carbocycles. The molecule has 2 aliphatic rings. The fourth-order valence-corrected chi connectivity index (χ4v) is 6.73. The molecule has 0 aromatic heterocycles. The molecule has 188 valence electrons. The third-order valence-electron chi connectivity index (χ3n) is 6.55. The van der Waals surface area contributed by atoms with E-state index in [0.717, 1.165) is 0 Å². The average Bonchev–Trinajstić information content (AvgIpc) is 2.93. The van der Waals surface area contributed by atoms with E-state index in [2.05, 4.69) is 5.32 Å². The van der Waals surface area contributed by atoms with Crippen molar-refractivity contribution >= 4 is 39.9 Å². The molecule has 1 N–H and O–H groups in total. The topological polar surface area (TPSA) is 69.7 Å². The van der Waals surface area contributed by atoms with E-state index in [4.69, 9.17) is 11.6 Å². The molecule has 0 bridgehead atoms. The van der Waals surface area contributed by atoms with Gasteiger partial charge in [0.05, 0.1) is 11.3 Å². The number of benzene rings is 1. The molecule has 1 aromatic rings. The molecule has 1 aliphatic carbocycles. The van der Waals surface area contributed by atoms with Crippen molar-refractivity contribution in [3.63, 3.8) is 0 Å². The number of carbonyl (C=O) groups is 1. The maximum atomic E-state index is 15.7. The lowest BCUT2D eigenvalue weighted by Crippen LogP contribution is -2.68. The zero-order valence-corrected chi connectivity index (χ0v) is 21.1. The molecule has 2 fully saturated rings. The Bertz CT molecular complexity index is 873. The van der Waals surface area contributed by atoms with Gasteiger partial charge in [-0.1, -0.05) is 36.7 Å². The van der Waals surface area contributed by atoms with E-state index >= 15 is 4.39 Å². The minimum absolute atomic E-state index is 0. The predicted molar refractivity (Wildman–Crippen MR) is 129 cm³/mol. The normalized spacial score (nSPS) is 28.4. The summed E-state index contributed by atoms with van der Waals surface area (Å²) in [5, 5.41) is 2.73. The summed E-state index contributed by atoms with van der Waals surface area (Å²) in [5.41, 5.74) is -2.02. The number of hydrogen-bond acceptors (Lipinski definition) is 4. The Morgan fingerprint density at radius 2 is 1.79 bits per heavy atom. The highest BCUT2D eigenvalue weighted by Gasteiger charge is 2.53. The molecular formula is C22H33Cl2F2N3O3S. The highest BCUT2D eigenvalue weighted by Crippen LogP contribution is 2.40. The van der Waals surface area contributed by atoms with Crippen LogP contribution in [-0.2, 0) is 10.0 Å².